The lowest BCUT2D eigenvalue weighted by atomic mass is 10.1. The van der Waals surface area contributed by atoms with Gasteiger partial charge in [-0.15, -0.1) is 0 Å². The Morgan fingerprint density at radius 1 is 1.21 bits per heavy atom. The lowest BCUT2D eigenvalue weighted by Crippen LogP contribution is -2.11. The van der Waals surface area contributed by atoms with Gasteiger partial charge in [-0.25, -0.2) is 9.18 Å². The van der Waals surface area contributed by atoms with E-state index in [9.17, 15) is 9.18 Å². The van der Waals surface area contributed by atoms with Crippen molar-refractivity contribution < 1.29 is 13.9 Å². The Labute approximate surface area is 113 Å². The first kappa shape index (κ1) is 15.5. The Morgan fingerprint density at radius 3 is 2.58 bits per heavy atom. The number of hydrogen-bond donors (Lipinski definition) is 1. The minimum Gasteiger partial charge on any atom is -0.462 e. The average Bonchev–Trinajstić information content (AvgIpc) is 2.37. The van der Waals surface area contributed by atoms with Gasteiger partial charge in [0.2, 0.25) is 0 Å². The molecule has 3 nitrogen and oxygen atoms in total. The molecule has 0 amide bonds. The second kappa shape index (κ2) is 8.51. The molecule has 0 aliphatic rings. The Kier molecular flexibility index (Phi) is 6.93. The van der Waals surface area contributed by atoms with Crippen LogP contribution in [-0.4, -0.2) is 12.6 Å². The van der Waals surface area contributed by atoms with Gasteiger partial charge < -0.3 is 10.5 Å². The van der Waals surface area contributed by atoms with E-state index < -0.39 is 11.8 Å². The largest absolute Gasteiger partial charge is 0.462 e. The van der Waals surface area contributed by atoms with Crippen LogP contribution in [0.3, 0.4) is 0 Å². The summed E-state index contributed by atoms with van der Waals surface area (Å²) in [6.45, 7) is 2.49. The number of rotatable bonds is 8. The maximum absolute atomic E-state index is 13.4. The normalized spacial score (nSPS) is 10.4. The van der Waals surface area contributed by atoms with Crippen LogP contribution in [0.25, 0.3) is 0 Å². The predicted molar refractivity (Wildman–Crippen MR) is 74.5 cm³/mol. The van der Waals surface area contributed by atoms with Crippen molar-refractivity contribution in [1.29, 1.82) is 0 Å². The van der Waals surface area contributed by atoms with E-state index >= 15 is 0 Å². The number of carbonyl (C=O) groups is 1. The molecule has 106 valence electrons. The molecule has 0 saturated carbocycles. The van der Waals surface area contributed by atoms with E-state index in [0.717, 1.165) is 19.3 Å². The van der Waals surface area contributed by atoms with Gasteiger partial charge >= 0.3 is 5.97 Å². The van der Waals surface area contributed by atoms with Crippen LogP contribution < -0.4 is 5.73 Å². The second-order valence-corrected chi connectivity index (χ2v) is 4.61. The summed E-state index contributed by atoms with van der Waals surface area (Å²) in [4.78, 5) is 11.7. The highest BCUT2D eigenvalue weighted by Crippen LogP contribution is 2.17. The number of halogens is 1. The number of benzene rings is 1. The summed E-state index contributed by atoms with van der Waals surface area (Å²) >= 11 is 0. The molecule has 1 aromatic carbocycles. The van der Waals surface area contributed by atoms with Crippen molar-refractivity contribution in [2.75, 3.05) is 12.3 Å². The fraction of sp³-hybridized carbons (Fsp3) is 0.533. The quantitative estimate of drug-likeness (QED) is 0.441. The van der Waals surface area contributed by atoms with Gasteiger partial charge in [0.25, 0.3) is 0 Å². The van der Waals surface area contributed by atoms with Crippen LogP contribution in [0.1, 0.15) is 55.8 Å². The fourth-order valence-corrected chi connectivity index (χ4v) is 1.88. The molecule has 0 spiro atoms. The summed E-state index contributed by atoms with van der Waals surface area (Å²) < 4.78 is 18.5. The third-order valence-corrected chi connectivity index (χ3v) is 2.98. The van der Waals surface area contributed by atoms with Crippen molar-refractivity contribution >= 4 is 11.7 Å². The number of nitrogens with two attached hydrogens (primary N) is 1. The average molecular weight is 267 g/mol. The molecular formula is C15H22FNO2. The van der Waals surface area contributed by atoms with Gasteiger partial charge in [0, 0.05) is 5.69 Å². The van der Waals surface area contributed by atoms with Gasteiger partial charge in [0.15, 0.2) is 0 Å². The number of carbonyl (C=O) groups excluding carboxylic acids is 1. The van der Waals surface area contributed by atoms with Gasteiger partial charge in [-0.05, 0) is 18.6 Å². The SMILES string of the molecule is CCCCCCCCOC(=O)c1c(N)cccc1F. The number of anilines is 1. The maximum Gasteiger partial charge on any atom is 0.343 e. The molecule has 1 aromatic rings. The monoisotopic (exact) mass is 267 g/mol. The summed E-state index contributed by atoms with van der Waals surface area (Å²) in [5, 5.41) is 0. The van der Waals surface area contributed by atoms with Gasteiger partial charge in [0.1, 0.15) is 11.4 Å². The first-order chi connectivity index (χ1) is 9.16. The van der Waals surface area contributed by atoms with Crippen LogP contribution in [0.15, 0.2) is 18.2 Å². The van der Waals surface area contributed by atoms with Crippen molar-refractivity contribution in [3.63, 3.8) is 0 Å². The number of nitrogen functional groups attached to an aromatic ring is 1. The van der Waals surface area contributed by atoms with E-state index in [1.165, 1.54) is 37.5 Å². The smallest absolute Gasteiger partial charge is 0.343 e. The third-order valence-electron chi connectivity index (χ3n) is 2.98. The first-order valence-electron chi connectivity index (χ1n) is 6.88. The zero-order valence-corrected chi connectivity index (χ0v) is 11.5. The lowest BCUT2D eigenvalue weighted by molar-refractivity contribution is 0.0493. The number of esters is 1. The number of hydrogen-bond acceptors (Lipinski definition) is 3. The molecule has 19 heavy (non-hydrogen) atoms. The summed E-state index contributed by atoms with van der Waals surface area (Å²) in [6.07, 6.45) is 6.65. The highest BCUT2D eigenvalue weighted by atomic mass is 19.1. The Bertz CT molecular complexity index is 387. The van der Waals surface area contributed by atoms with Crippen molar-refractivity contribution in [1.82, 2.24) is 0 Å². The fourth-order valence-electron chi connectivity index (χ4n) is 1.88. The van der Waals surface area contributed by atoms with Crippen LogP contribution in [0, 0.1) is 5.82 Å². The summed E-state index contributed by atoms with van der Waals surface area (Å²) in [5.41, 5.74) is 5.53. The van der Waals surface area contributed by atoms with Gasteiger partial charge in [-0.3, -0.25) is 0 Å². The summed E-state index contributed by atoms with van der Waals surface area (Å²) in [5.74, 6) is -1.31. The highest BCUT2D eigenvalue weighted by molar-refractivity contribution is 5.95. The zero-order valence-electron chi connectivity index (χ0n) is 11.5. The molecule has 0 unspecified atom stereocenters. The molecule has 2 N–H and O–H groups in total. The van der Waals surface area contributed by atoms with Gasteiger partial charge in [-0.2, -0.15) is 0 Å². The predicted octanol–water partition coefficient (Wildman–Crippen LogP) is 3.93. The van der Waals surface area contributed by atoms with E-state index in [4.69, 9.17) is 10.5 Å². The minimum atomic E-state index is -0.677. The molecule has 4 heteroatoms. The van der Waals surface area contributed by atoms with Crippen molar-refractivity contribution in [3.05, 3.63) is 29.6 Å². The van der Waals surface area contributed by atoms with Crippen molar-refractivity contribution in [2.45, 2.75) is 45.4 Å². The van der Waals surface area contributed by atoms with Crippen molar-refractivity contribution in [2.24, 2.45) is 0 Å². The number of ether oxygens (including phenoxy) is 1. The molecule has 0 aromatic heterocycles. The summed E-state index contributed by atoms with van der Waals surface area (Å²) in [6, 6.07) is 4.16. The topological polar surface area (TPSA) is 52.3 Å². The minimum absolute atomic E-state index is 0.118. The van der Waals surface area contributed by atoms with E-state index in [-0.39, 0.29) is 11.3 Å². The Balaban J connectivity index is 2.28. The molecule has 0 fully saturated rings. The Morgan fingerprint density at radius 2 is 1.89 bits per heavy atom. The van der Waals surface area contributed by atoms with Crippen LogP contribution in [-0.2, 0) is 4.74 Å². The molecular weight excluding hydrogens is 245 g/mol. The van der Waals surface area contributed by atoms with E-state index in [1.54, 1.807) is 0 Å². The van der Waals surface area contributed by atoms with Gasteiger partial charge in [-0.1, -0.05) is 45.1 Å². The second-order valence-electron chi connectivity index (χ2n) is 4.61. The van der Waals surface area contributed by atoms with E-state index in [0.29, 0.717) is 6.61 Å². The standard InChI is InChI=1S/C15H22FNO2/c1-2-3-4-5-6-7-11-19-15(18)14-12(16)9-8-10-13(14)17/h8-10H,2-7,11,17H2,1H3. The molecule has 0 radical (unpaired) electrons. The molecule has 0 heterocycles. The number of unbranched alkanes of at least 4 members (excludes halogenated alkanes) is 5. The molecule has 0 saturated heterocycles. The molecule has 0 atom stereocenters. The third kappa shape index (κ3) is 5.28. The van der Waals surface area contributed by atoms with Crippen LogP contribution in [0.5, 0.6) is 0 Å². The zero-order chi connectivity index (χ0) is 14.1. The molecule has 0 aliphatic carbocycles. The molecule has 0 bridgehead atoms. The maximum atomic E-state index is 13.4. The van der Waals surface area contributed by atoms with Crippen LogP contribution in [0.4, 0.5) is 10.1 Å². The Hall–Kier alpha value is -1.58. The highest BCUT2D eigenvalue weighted by Gasteiger charge is 2.16. The molecule has 1 rings (SSSR count). The van der Waals surface area contributed by atoms with E-state index in [1.807, 2.05) is 0 Å². The molecule has 0 aliphatic heterocycles. The van der Waals surface area contributed by atoms with Crippen LogP contribution >= 0.6 is 0 Å². The van der Waals surface area contributed by atoms with Crippen LogP contribution in [0.2, 0.25) is 0 Å². The lowest BCUT2D eigenvalue weighted by Gasteiger charge is -2.07. The van der Waals surface area contributed by atoms with E-state index in [2.05, 4.69) is 6.92 Å². The summed E-state index contributed by atoms with van der Waals surface area (Å²) in [7, 11) is 0. The van der Waals surface area contributed by atoms with Gasteiger partial charge in [0.05, 0.1) is 6.61 Å². The first-order valence-corrected chi connectivity index (χ1v) is 6.88. The van der Waals surface area contributed by atoms with Crippen molar-refractivity contribution in [3.8, 4) is 0 Å².